The summed E-state index contributed by atoms with van der Waals surface area (Å²) in [6, 6.07) is 14.0. The Hall–Kier alpha value is -3.66. The van der Waals surface area contributed by atoms with Gasteiger partial charge in [0, 0.05) is 45.1 Å². The molecule has 176 valence electrons. The van der Waals surface area contributed by atoms with Crippen LogP contribution in [0.1, 0.15) is 11.1 Å². The molecule has 5 rings (SSSR count). The number of aromatic nitrogens is 4. The number of sulfonamides is 1. The van der Waals surface area contributed by atoms with E-state index in [1.54, 1.807) is 7.05 Å². The molecule has 0 aliphatic carbocycles. The van der Waals surface area contributed by atoms with E-state index < -0.39 is 10.0 Å². The number of aryl methyl sites for hydroxylation is 3. The van der Waals surface area contributed by atoms with E-state index in [0.717, 1.165) is 18.6 Å². The molecular formula is C24H27N7O2S. The summed E-state index contributed by atoms with van der Waals surface area (Å²) < 4.78 is 30.2. The summed E-state index contributed by atoms with van der Waals surface area (Å²) in [5.74, 6) is 0.759. The topological polar surface area (TPSA) is 96.2 Å². The zero-order chi connectivity index (χ0) is 23.9. The maximum Gasteiger partial charge on any atom is 0.266 e. The van der Waals surface area contributed by atoms with E-state index in [2.05, 4.69) is 56.7 Å². The number of hydrogen-bond acceptors (Lipinski definition) is 7. The standard InChI is InChI=1S/C24H27N7O2S/c1-17-8-9-18(2)22(14-17)30-10-12-31(13-11-30)24-23(26-20-6-4-5-7-21(20)27-24)28-34(32,33)19-15-25-29(3)16-19/h4-9,14-16H,10-13H2,1-3H3,(H,26,28). The number of fused-ring (bicyclic) bond motifs is 1. The predicted octanol–water partition coefficient (Wildman–Crippen LogP) is 3.11. The molecule has 2 aromatic carbocycles. The number of nitrogens with one attached hydrogen (secondary N) is 1. The zero-order valence-electron chi connectivity index (χ0n) is 19.4. The van der Waals surface area contributed by atoms with Gasteiger partial charge >= 0.3 is 0 Å². The summed E-state index contributed by atoms with van der Waals surface area (Å²) in [7, 11) is -2.18. The van der Waals surface area contributed by atoms with E-state index in [-0.39, 0.29) is 10.7 Å². The molecule has 0 bridgehead atoms. The normalized spacial score (nSPS) is 14.6. The highest BCUT2D eigenvalue weighted by Crippen LogP contribution is 2.30. The van der Waals surface area contributed by atoms with Crippen LogP contribution < -0.4 is 14.5 Å². The highest BCUT2D eigenvalue weighted by molar-refractivity contribution is 7.92. The van der Waals surface area contributed by atoms with E-state index in [1.807, 2.05) is 24.3 Å². The molecule has 0 atom stereocenters. The zero-order valence-corrected chi connectivity index (χ0v) is 20.2. The number of para-hydroxylation sites is 2. The number of piperazine rings is 1. The molecule has 1 aliphatic heterocycles. The fourth-order valence-corrected chi connectivity index (χ4v) is 5.21. The Balaban J connectivity index is 1.46. The molecule has 0 unspecified atom stereocenters. The largest absolute Gasteiger partial charge is 0.368 e. The predicted molar refractivity (Wildman–Crippen MR) is 134 cm³/mol. The molecule has 2 aromatic heterocycles. The summed E-state index contributed by atoms with van der Waals surface area (Å²) in [5, 5.41) is 3.98. The van der Waals surface area contributed by atoms with Crippen molar-refractivity contribution in [3.05, 3.63) is 66.0 Å². The minimum Gasteiger partial charge on any atom is -0.368 e. The molecule has 9 nitrogen and oxygen atoms in total. The van der Waals surface area contributed by atoms with E-state index >= 15 is 0 Å². The van der Waals surface area contributed by atoms with E-state index in [4.69, 9.17) is 4.98 Å². The second-order valence-corrected chi connectivity index (χ2v) is 10.3. The number of hydrogen-bond donors (Lipinski definition) is 1. The van der Waals surface area contributed by atoms with Gasteiger partial charge in [-0.15, -0.1) is 0 Å². The first-order valence-electron chi connectivity index (χ1n) is 11.2. The van der Waals surface area contributed by atoms with Gasteiger partial charge in [-0.1, -0.05) is 24.3 Å². The van der Waals surface area contributed by atoms with Gasteiger partial charge in [-0.05, 0) is 43.2 Å². The molecule has 34 heavy (non-hydrogen) atoms. The van der Waals surface area contributed by atoms with Gasteiger partial charge in [0.25, 0.3) is 10.0 Å². The van der Waals surface area contributed by atoms with Crippen LogP contribution in [0.4, 0.5) is 17.3 Å². The monoisotopic (exact) mass is 477 g/mol. The van der Waals surface area contributed by atoms with Crippen LogP contribution in [0.5, 0.6) is 0 Å². The van der Waals surface area contributed by atoms with Crippen LogP contribution in [0, 0.1) is 13.8 Å². The first kappa shape index (κ1) is 22.1. The lowest BCUT2D eigenvalue weighted by Crippen LogP contribution is -2.47. The molecule has 3 heterocycles. The van der Waals surface area contributed by atoms with E-state index in [9.17, 15) is 8.42 Å². The van der Waals surface area contributed by atoms with E-state index in [0.29, 0.717) is 24.4 Å². The molecule has 1 N–H and O–H groups in total. The van der Waals surface area contributed by atoms with Gasteiger partial charge < -0.3 is 9.80 Å². The number of nitrogens with zero attached hydrogens (tertiary/aromatic N) is 6. The van der Waals surface area contributed by atoms with Crippen molar-refractivity contribution >= 4 is 38.4 Å². The van der Waals surface area contributed by atoms with Crippen molar-refractivity contribution in [2.24, 2.45) is 7.05 Å². The number of rotatable bonds is 5. The molecule has 4 aromatic rings. The highest BCUT2D eigenvalue weighted by Gasteiger charge is 2.26. The van der Waals surface area contributed by atoms with Crippen molar-refractivity contribution in [1.82, 2.24) is 19.7 Å². The van der Waals surface area contributed by atoms with Crippen molar-refractivity contribution in [1.29, 1.82) is 0 Å². The van der Waals surface area contributed by atoms with Crippen molar-refractivity contribution in [3.8, 4) is 0 Å². The van der Waals surface area contributed by atoms with Crippen LogP contribution in [0.15, 0.2) is 59.8 Å². The van der Waals surface area contributed by atoms with Gasteiger partial charge in [0.1, 0.15) is 4.90 Å². The smallest absolute Gasteiger partial charge is 0.266 e. The third-order valence-corrected chi connectivity index (χ3v) is 7.35. The van der Waals surface area contributed by atoms with Crippen LogP contribution in [0.3, 0.4) is 0 Å². The van der Waals surface area contributed by atoms with Gasteiger partial charge in [-0.2, -0.15) is 5.10 Å². The first-order valence-corrected chi connectivity index (χ1v) is 12.6. The molecule has 0 radical (unpaired) electrons. The molecule has 1 fully saturated rings. The van der Waals surface area contributed by atoms with Gasteiger partial charge in [0.2, 0.25) is 0 Å². The number of anilines is 3. The third kappa shape index (κ3) is 4.28. The minimum absolute atomic E-state index is 0.0793. The van der Waals surface area contributed by atoms with Crippen LogP contribution in [-0.4, -0.2) is 54.3 Å². The second-order valence-electron chi connectivity index (χ2n) is 8.60. The first-order chi connectivity index (χ1) is 16.3. The fraction of sp³-hybridized carbons (Fsp3) is 0.292. The lowest BCUT2D eigenvalue weighted by atomic mass is 10.1. The fourth-order valence-electron chi connectivity index (χ4n) is 4.22. The van der Waals surface area contributed by atoms with Crippen LogP contribution in [0.25, 0.3) is 11.0 Å². The highest BCUT2D eigenvalue weighted by atomic mass is 32.2. The van der Waals surface area contributed by atoms with Crippen molar-refractivity contribution in [2.75, 3.05) is 40.7 Å². The third-order valence-electron chi connectivity index (χ3n) is 6.06. The van der Waals surface area contributed by atoms with Gasteiger partial charge in [-0.3, -0.25) is 9.40 Å². The summed E-state index contributed by atoms with van der Waals surface area (Å²) in [6.45, 7) is 7.22. The quantitative estimate of drug-likeness (QED) is 0.472. The Bertz CT molecular complexity index is 1460. The average molecular weight is 478 g/mol. The summed E-state index contributed by atoms with van der Waals surface area (Å²) in [5.41, 5.74) is 5.06. The Morgan fingerprint density at radius 2 is 1.59 bits per heavy atom. The lowest BCUT2D eigenvalue weighted by molar-refractivity contribution is 0.600. The molecule has 0 amide bonds. The summed E-state index contributed by atoms with van der Waals surface area (Å²) in [4.78, 5) is 14.0. The molecule has 1 saturated heterocycles. The van der Waals surface area contributed by atoms with E-state index in [1.165, 1.54) is 33.9 Å². The summed E-state index contributed by atoms with van der Waals surface area (Å²) >= 11 is 0. The van der Waals surface area contributed by atoms with Gasteiger partial charge in [0.15, 0.2) is 11.6 Å². The summed E-state index contributed by atoms with van der Waals surface area (Å²) in [6.07, 6.45) is 2.78. The Morgan fingerprint density at radius 3 is 2.26 bits per heavy atom. The van der Waals surface area contributed by atoms with Crippen LogP contribution >= 0.6 is 0 Å². The van der Waals surface area contributed by atoms with Crippen molar-refractivity contribution < 1.29 is 8.42 Å². The van der Waals surface area contributed by atoms with Gasteiger partial charge in [-0.25, -0.2) is 18.4 Å². The Morgan fingerprint density at radius 1 is 0.912 bits per heavy atom. The SMILES string of the molecule is Cc1ccc(C)c(N2CCN(c3nc4ccccc4nc3NS(=O)(=O)c3cnn(C)c3)CC2)c1. The minimum atomic E-state index is -3.86. The molecule has 1 aliphatic rings. The van der Waals surface area contributed by atoms with Gasteiger partial charge in [0.05, 0.1) is 17.2 Å². The van der Waals surface area contributed by atoms with Crippen LogP contribution in [0.2, 0.25) is 0 Å². The lowest BCUT2D eigenvalue weighted by Gasteiger charge is -2.38. The maximum absolute atomic E-state index is 13.0. The number of benzene rings is 2. The maximum atomic E-state index is 13.0. The van der Waals surface area contributed by atoms with Crippen molar-refractivity contribution in [3.63, 3.8) is 0 Å². The molecule has 10 heteroatoms. The Labute approximate surface area is 199 Å². The van der Waals surface area contributed by atoms with Crippen LogP contribution in [-0.2, 0) is 17.1 Å². The Kier molecular flexibility index (Phi) is 5.60. The molecular weight excluding hydrogens is 450 g/mol. The van der Waals surface area contributed by atoms with Crippen molar-refractivity contribution in [2.45, 2.75) is 18.7 Å². The molecule has 0 saturated carbocycles. The second kappa shape index (κ2) is 8.60. The average Bonchev–Trinajstić information content (AvgIpc) is 3.27. The molecule has 0 spiro atoms.